The Morgan fingerprint density at radius 2 is 1.71 bits per heavy atom. The summed E-state index contributed by atoms with van der Waals surface area (Å²) in [6.45, 7) is -0.681. The van der Waals surface area contributed by atoms with Crippen LogP contribution in [0.5, 0.6) is 5.75 Å². The Kier molecular flexibility index (Phi) is 5.41. The van der Waals surface area contributed by atoms with Crippen molar-refractivity contribution in [1.29, 1.82) is 0 Å². The van der Waals surface area contributed by atoms with Crippen LogP contribution in [0.4, 0.5) is 13.2 Å². The van der Waals surface area contributed by atoms with Crippen LogP contribution in [0.1, 0.15) is 5.56 Å². The molecule has 0 fully saturated rings. The second-order valence-corrected chi connectivity index (χ2v) is 6.97. The van der Waals surface area contributed by atoms with E-state index < -0.39 is 17.8 Å². The maximum Gasteiger partial charge on any atom is 0.471 e. The maximum absolute atomic E-state index is 13.2. The van der Waals surface area contributed by atoms with Gasteiger partial charge in [0.1, 0.15) is 17.9 Å². The van der Waals surface area contributed by atoms with Crippen molar-refractivity contribution in [3.63, 3.8) is 0 Å². The molecule has 3 aromatic carbocycles. The second-order valence-electron chi connectivity index (χ2n) is 6.97. The van der Waals surface area contributed by atoms with Crippen LogP contribution in [0.2, 0.25) is 0 Å². The fourth-order valence-corrected chi connectivity index (χ4v) is 3.49. The quantitative estimate of drug-likeness (QED) is 0.487. The van der Waals surface area contributed by atoms with E-state index in [4.69, 9.17) is 4.74 Å². The first-order valence-corrected chi connectivity index (χ1v) is 9.49. The number of aromatic amines is 2. The van der Waals surface area contributed by atoms with E-state index >= 15 is 0 Å². The Morgan fingerprint density at radius 1 is 0.968 bits per heavy atom. The number of H-pyrrole nitrogens is 2. The first kappa shape index (κ1) is 20.5. The van der Waals surface area contributed by atoms with E-state index in [9.17, 15) is 22.8 Å². The van der Waals surface area contributed by atoms with E-state index in [-0.39, 0.29) is 19.7 Å². The fraction of sp³-hybridized carbons (Fsp3) is 0.182. The largest absolute Gasteiger partial charge is 0.489 e. The number of amides is 1. The molecule has 4 rings (SSSR count). The van der Waals surface area contributed by atoms with Crippen molar-refractivity contribution in [3.8, 4) is 5.75 Å². The van der Waals surface area contributed by atoms with E-state index in [0.717, 1.165) is 15.7 Å². The third-order valence-electron chi connectivity index (χ3n) is 4.90. The Hall–Kier alpha value is -3.75. The lowest BCUT2D eigenvalue weighted by Crippen LogP contribution is -2.42. The Labute approximate surface area is 174 Å². The molecule has 0 saturated carbocycles. The topological polar surface area (TPSA) is 78.2 Å². The van der Waals surface area contributed by atoms with Gasteiger partial charge in [0.15, 0.2) is 0 Å². The van der Waals surface area contributed by atoms with Crippen molar-refractivity contribution in [3.05, 3.63) is 76.7 Å². The molecule has 0 aliphatic rings. The fourth-order valence-electron chi connectivity index (χ4n) is 3.49. The number of benzene rings is 3. The number of hydrogen-bond acceptors (Lipinski definition) is 3. The number of nitrogens with zero attached hydrogens (tertiary/aromatic N) is 1. The van der Waals surface area contributed by atoms with Crippen LogP contribution in [0.15, 0.2) is 65.5 Å². The average molecular weight is 429 g/mol. The molecule has 6 nitrogen and oxygen atoms in total. The summed E-state index contributed by atoms with van der Waals surface area (Å²) in [6, 6.07) is 17.5. The number of para-hydroxylation sites is 1. The first-order chi connectivity index (χ1) is 14.8. The summed E-state index contributed by atoms with van der Waals surface area (Å²) in [7, 11) is 0. The predicted molar refractivity (Wildman–Crippen MR) is 110 cm³/mol. The van der Waals surface area contributed by atoms with Gasteiger partial charge in [-0.2, -0.15) is 13.2 Å². The number of alkyl halides is 3. The molecule has 0 aliphatic carbocycles. The van der Waals surface area contributed by atoms with Crippen LogP contribution in [0.25, 0.3) is 21.8 Å². The molecule has 0 spiro atoms. The molecule has 0 unspecified atom stereocenters. The van der Waals surface area contributed by atoms with Crippen LogP contribution < -0.4 is 10.4 Å². The summed E-state index contributed by atoms with van der Waals surface area (Å²) in [4.78, 5) is 29.4. The van der Waals surface area contributed by atoms with E-state index in [1.807, 2.05) is 18.2 Å². The molecule has 160 valence electrons. The third-order valence-corrected chi connectivity index (χ3v) is 4.90. The van der Waals surface area contributed by atoms with Gasteiger partial charge >= 0.3 is 17.8 Å². The summed E-state index contributed by atoms with van der Waals surface area (Å²) >= 11 is 0. The Morgan fingerprint density at radius 3 is 2.52 bits per heavy atom. The van der Waals surface area contributed by atoms with Gasteiger partial charge in [0.05, 0.1) is 12.1 Å². The summed E-state index contributed by atoms with van der Waals surface area (Å²) in [5, 5.41) is 1.65. The van der Waals surface area contributed by atoms with Crippen molar-refractivity contribution >= 4 is 27.7 Å². The SMILES string of the molecule is O=C(N(CCOc1cccc2[nH]c(=O)[nH]c12)Cc1cccc2ccccc12)C(F)(F)F. The van der Waals surface area contributed by atoms with E-state index in [1.54, 1.807) is 42.5 Å². The van der Waals surface area contributed by atoms with Crippen LogP contribution in [-0.4, -0.2) is 40.1 Å². The Balaban J connectivity index is 1.55. The number of hydrogen-bond donors (Lipinski definition) is 2. The molecule has 9 heteroatoms. The molecule has 4 aromatic rings. The molecule has 0 saturated heterocycles. The molecular weight excluding hydrogens is 411 g/mol. The zero-order chi connectivity index (χ0) is 22.0. The molecule has 0 bridgehead atoms. The first-order valence-electron chi connectivity index (χ1n) is 9.49. The monoisotopic (exact) mass is 429 g/mol. The lowest BCUT2D eigenvalue weighted by Gasteiger charge is -2.24. The smallest absolute Gasteiger partial charge is 0.471 e. The van der Waals surface area contributed by atoms with Crippen molar-refractivity contribution < 1.29 is 22.7 Å². The second kappa shape index (κ2) is 8.17. The van der Waals surface area contributed by atoms with E-state index in [2.05, 4.69) is 9.97 Å². The summed E-state index contributed by atoms with van der Waals surface area (Å²) in [5.74, 6) is -1.63. The normalized spacial score (nSPS) is 11.7. The minimum Gasteiger partial charge on any atom is -0.489 e. The van der Waals surface area contributed by atoms with Gasteiger partial charge in [-0.05, 0) is 28.5 Å². The van der Waals surface area contributed by atoms with Crippen LogP contribution in [-0.2, 0) is 11.3 Å². The van der Waals surface area contributed by atoms with Crippen LogP contribution in [0.3, 0.4) is 0 Å². The molecule has 2 N–H and O–H groups in total. The van der Waals surface area contributed by atoms with Crippen molar-refractivity contribution in [2.24, 2.45) is 0 Å². The third kappa shape index (κ3) is 4.40. The number of fused-ring (bicyclic) bond motifs is 2. The lowest BCUT2D eigenvalue weighted by atomic mass is 10.0. The number of carbonyl (C=O) groups is 1. The van der Waals surface area contributed by atoms with Gasteiger partial charge in [0, 0.05) is 6.54 Å². The summed E-state index contributed by atoms with van der Waals surface area (Å²) < 4.78 is 45.2. The highest BCUT2D eigenvalue weighted by molar-refractivity contribution is 5.87. The highest BCUT2D eigenvalue weighted by Gasteiger charge is 2.42. The predicted octanol–water partition coefficient (Wildman–Crippen LogP) is 3.98. The van der Waals surface area contributed by atoms with Gasteiger partial charge in [-0.1, -0.05) is 48.5 Å². The van der Waals surface area contributed by atoms with Crippen molar-refractivity contribution in [1.82, 2.24) is 14.9 Å². The van der Waals surface area contributed by atoms with Crippen molar-refractivity contribution in [2.45, 2.75) is 12.7 Å². The van der Waals surface area contributed by atoms with Gasteiger partial charge < -0.3 is 19.6 Å². The van der Waals surface area contributed by atoms with E-state index in [1.165, 1.54) is 0 Å². The minimum absolute atomic E-state index is 0.182. The van der Waals surface area contributed by atoms with Gasteiger partial charge in [-0.15, -0.1) is 0 Å². The highest BCUT2D eigenvalue weighted by atomic mass is 19.4. The number of ether oxygens (including phenoxy) is 1. The molecule has 0 radical (unpaired) electrons. The van der Waals surface area contributed by atoms with Gasteiger partial charge in [-0.3, -0.25) is 4.79 Å². The number of nitrogens with one attached hydrogen (secondary N) is 2. The average Bonchev–Trinajstić information content (AvgIpc) is 3.13. The number of carbonyl (C=O) groups excluding carboxylic acids is 1. The van der Waals surface area contributed by atoms with E-state index in [0.29, 0.717) is 22.3 Å². The zero-order valence-electron chi connectivity index (χ0n) is 16.2. The molecule has 1 heterocycles. The number of imidazole rings is 1. The molecule has 1 aromatic heterocycles. The van der Waals surface area contributed by atoms with Gasteiger partial charge in [-0.25, -0.2) is 4.79 Å². The lowest BCUT2D eigenvalue weighted by molar-refractivity contribution is -0.186. The molecule has 31 heavy (non-hydrogen) atoms. The zero-order valence-corrected chi connectivity index (χ0v) is 16.2. The summed E-state index contributed by atoms with van der Waals surface area (Å²) in [5.41, 5.74) is 1.11. The number of rotatable bonds is 6. The standard InChI is InChI=1S/C22H18F3N3O3/c23-22(24,25)20(29)28(13-15-7-3-6-14-5-1-2-8-16(14)15)11-12-31-18-10-4-9-17-19(18)27-21(30)26-17/h1-10H,11-13H2,(H2,26,27,30). The molecular formula is C22H18F3N3O3. The molecule has 1 amide bonds. The number of halogens is 3. The minimum atomic E-state index is -5.00. The summed E-state index contributed by atoms with van der Waals surface area (Å²) in [6.07, 6.45) is -5.00. The Bertz CT molecular complexity index is 1290. The van der Waals surface area contributed by atoms with Crippen LogP contribution >= 0.6 is 0 Å². The number of aromatic nitrogens is 2. The maximum atomic E-state index is 13.2. The highest BCUT2D eigenvalue weighted by Crippen LogP contribution is 2.25. The van der Waals surface area contributed by atoms with Crippen LogP contribution in [0, 0.1) is 0 Å². The van der Waals surface area contributed by atoms with Gasteiger partial charge in [0.2, 0.25) is 0 Å². The molecule has 0 aliphatic heterocycles. The molecule has 0 atom stereocenters. The van der Waals surface area contributed by atoms with Gasteiger partial charge in [0.25, 0.3) is 0 Å². The van der Waals surface area contributed by atoms with Crippen molar-refractivity contribution in [2.75, 3.05) is 13.2 Å².